The van der Waals surface area contributed by atoms with Crippen molar-refractivity contribution in [2.45, 2.75) is 0 Å². The van der Waals surface area contributed by atoms with Crippen LogP contribution in [-0.2, 0) is 0 Å². The van der Waals surface area contributed by atoms with E-state index < -0.39 is 5.69 Å². The van der Waals surface area contributed by atoms with Crippen molar-refractivity contribution in [2.75, 3.05) is 31.1 Å². The SMILES string of the molecule is O=C(c1ccc(Cl)c(Cl)c1)N1CCN(c2nc(=O)n(O)c3ncccc23)CC1. The number of piperazine rings is 1. The van der Waals surface area contributed by atoms with Gasteiger partial charge in [-0.25, -0.2) is 9.78 Å². The third kappa shape index (κ3) is 3.25. The Morgan fingerprint density at radius 1 is 1.07 bits per heavy atom. The molecule has 1 fully saturated rings. The number of halogens is 2. The average Bonchev–Trinajstić information content (AvgIpc) is 2.72. The van der Waals surface area contributed by atoms with Gasteiger partial charge in [0.05, 0.1) is 15.4 Å². The summed E-state index contributed by atoms with van der Waals surface area (Å²) in [5, 5.41) is 11.1. The minimum atomic E-state index is -0.796. The van der Waals surface area contributed by atoms with Gasteiger partial charge >= 0.3 is 5.69 Å². The highest BCUT2D eigenvalue weighted by molar-refractivity contribution is 6.42. The fourth-order valence-electron chi connectivity index (χ4n) is 3.20. The Bertz CT molecular complexity index is 1130. The molecular weight excluding hydrogens is 405 g/mol. The molecule has 0 atom stereocenters. The van der Waals surface area contributed by atoms with Crippen LogP contribution in [0.25, 0.3) is 11.0 Å². The zero-order chi connectivity index (χ0) is 19.8. The van der Waals surface area contributed by atoms with Gasteiger partial charge in [0, 0.05) is 37.9 Å². The lowest BCUT2D eigenvalue weighted by Crippen LogP contribution is -2.49. The van der Waals surface area contributed by atoms with Crippen molar-refractivity contribution < 1.29 is 10.0 Å². The van der Waals surface area contributed by atoms with Crippen molar-refractivity contribution in [1.82, 2.24) is 19.6 Å². The summed E-state index contributed by atoms with van der Waals surface area (Å²) in [4.78, 5) is 36.3. The van der Waals surface area contributed by atoms with Crippen LogP contribution in [0.2, 0.25) is 10.0 Å². The number of benzene rings is 1. The van der Waals surface area contributed by atoms with Crippen molar-refractivity contribution in [1.29, 1.82) is 0 Å². The third-order valence-corrected chi connectivity index (χ3v) is 5.38. The summed E-state index contributed by atoms with van der Waals surface area (Å²) < 4.78 is 0.433. The molecule has 1 N–H and O–H groups in total. The summed E-state index contributed by atoms with van der Waals surface area (Å²) in [5.74, 6) is 0.309. The van der Waals surface area contributed by atoms with Crippen LogP contribution in [0.15, 0.2) is 41.3 Å². The lowest BCUT2D eigenvalue weighted by molar-refractivity contribution is 0.0746. The summed E-state index contributed by atoms with van der Waals surface area (Å²) >= 11 is 11.9. The molecule has 1 aliphatic rings. The average molecular weight is 420 g/mol. The van der Waals surface area contributed by atoms with E-state index in [1.807, 2.05) is 4.90 Å². The number of pyridine rings is 1. The van der Waals surface area contributed by atoms with Crippen molar-refractivity contribution in [3.8, 4) is 0 Å². The van der Waals surface area contributed by atoms with Crippen LogP contribution in [0.1, 0.15) is 10.4 Å². The zero-order valence-corrected chi connectivity index (χ0v) is 16.1. The topological polar surface area (TPSA) is 91.6 Å². The molecule has 0 spiro atoms. The molecule has 10 heteroatoms. The highest BCUT2D eigenvalue weighted by atomic mass is 35.5. The van der Waals surface area contributed by atoms with E-state index in [1.165, 1.54) is 6.20 Å². The van der Waals surface area contributed by atoms with Crippen molar-refractivity contribution >= 4 is 46.0 Å². The second-order valence-electron chi connectivity index (χ2n) is 6.31. The fraction of sp³-hybridized carbons (Fsp3) is 0.222. The lowest BCUT2D eigenvalue weighted by Gasteiger charge is -2.35. The first kappa shape index (κ1) is 18.5. The first-order valence-electron chi connectivity index (χ1n) is 8.52. The van der Waals surface area contributed by atoms with Gasteiger partial charge in [-0.05, 0) is 30.3 Å². The normalized spacial score (nSPS) is 14.5. The largest absolute Gasteiger partial charge is 0.422 e. The molecule has 3 aromatic rings. The number of carbonyl (C=O) groups excluding carboxylic acids is 1. The van der Waals surface area contributed by atoms with E-state index in [-0.39, 0.29) is 11.6 Å². The molecule has 0 unspecified atom stereocenters. The molecular formula is C18H15Cl2N5O3. The van der Waals surface area contributed by atoms with Gasteiger partial charge in [-0.15, -0.1) is 4.73 Å². The van der Waals surface area contributed by atoms with Crippen molar-refractivity contribution in [2.24, 2.45) is 0 Å². The number of fused-ring (bicyclic) bond motifs is 1. The lowest BCUT2D eigenvalue weighted by atomic mass is 10.1. The molecule has 1 aliphatic heterocycles. The van der Waals surface area contributed by atoms with Gasteiger partial charge in [-0.1, -0.05) is 23.2 Å². The van der Waals surface area contributed by atoms with E-state index in [0.717, 1.165) is 0 Å². The molecule has 28 heavy (non-hydrogen) atoms. The maximum absolute atomic E-state index is 12.7. The van der Waals surface area contributed by atoms with Crippen molar-refractivity contribution in [3.05, 3.63) is 62.6 Å². The third-order valence-electron chi connectivity index (χ3n) is 4.64. The van der Waals surface area contributed by atoms with Gasteiger partial charge in [0.15, 0.2) is 5.65 Å². The Morgan fingerprint density at radius 2 is 1.82 bits per heavy atom. The summed E-state index contributed by atoms with van der Waals surface area (Å²) in [5.41, 5.74) is -0.180. The first-order valence-corrected chi connectivity index (χ1v) is 9.27. The molecule has 0 saturated carbocycles. The molecule has 0 radical (unpaired) electrons. The Balaban J connectivity index is 1.56. The maximum atomic E-state index is 12.7. The van der Waals surface area contributed by atoms with Gasteiger partial charge in [-0.2, -0.15) is 4.98 Å². The molecule has 144 valence electrons. The molecule has 1 saturated heterocycles. The molecule has 2 aromatic heterocycles. The molecule has 4 rings (SSSR count). The van der Waals surface area contributed by atoms with Crippen LogP contribution in [0.5, 0.6) is 0 Å². The van der Waals surface area contributed by atoms with E-state index in [4.69, 9.17) is 23.2 Å². The molecule has 1 aromatic carbocycles. The summed E-state index contributed by atoms with van der Waals surface area (Å²) in [6, 6.07) is 8.25. The van der Waals surface area contributed by atoms with Gasteiger partial charge in [-0.3, -0.25) is 4.79 Å². The summed E-state index contributed by atoms with van der Waals surface area (Å²) in [7, 11) is 0. The maximum Gasteiger partial charge on any atom is 0.384 e. The van der Waals surface area contributed by atoms with Crippen LogP contribution in [0.4, 0.5) is 5.82 Å². The number of carbonyl (C=O) groups is 1. The van der Waals surface area contributed by atoms with Crippen LogP contribution in [-0.4, -0.2) is 56.9 Å². The van der Waals surface area contributed by atoms with E-state index in [2.05, 4.69) is 9.97 Å². The van der Waals surface area contributed by atoms with Crippen LogP contribution in [0, 0.1) is 0 Å². The highest BCUT2D eigenvalue weighted by Crippen LogP contribution is 2.25. The Kier molecular flexibility index (Phi) is 4.82. The van der Waals surface area contributed by atoms with Gasteiger partial charge in [0.2, 0.25) is 0 Å². The molecule has 1 amide bonds. The van der Waals surface area contributed by atoms with Gasteiger partial charge in [0.1, 0.15) is 5.82 Å². The van der Waals surface area contributed by atoms with Gasteiger partial charge < -0.3 is 15.0 Å². The minimum Gasteiger partial charge on any atom is -0.422 e. The number of amides is 1. The number of rotatable bonds is 2. The number of aromatic nitrogens is 3. The predicted octanol–water partition coefficient (Wildman–Crippen LogP) is 2.30. The standard InChI is InChI=1S/C18H15Cl2N5O3/c19-13-4-3-11(10-14(13)20)17(26)24-8-6-23(7-9-24)16-12-2-1-5-21-15(12)25(28)18(27)22-16/h1-5,10,28H,6-9H2. The molecule has 3 heterocycles. The molecule has 0 bridgehead atoms. The number of hydrogen-bond acceptors (Lipinski definition) is 6. The quantitative estimate of drug-likeness (QED) is 0.640. The first-order chi connectivity index (χ1) is 13.5. The summed E-state index contributed by atoms with van der Waals surface area (Å²) in [6.07, 6.45) is 1.49. The Hall–Kier alpha value is -2.84. The Labute approximate surface area is 169 Å². The fourth-order valence-corrected chi connectivity index (χ4v) is 3.50. The number of anilines is 1. The smallest absolute Gasteiger partial charge is 0.384 e. The Morgan fingerprint density at radius 3 is 2.54 bits per heavy atom. The summed E-state index contributed by atoms with van der Waals surface area (Å²) in [6.45, 7) is 1.87. The predicted molar refractivity (Wildman–Crippen MR) is 106 cm³/mol. The van der Waals surface area contributed by atoms with E-state index >= 15 is 0 Å². The van der Waals surface area contributed by atoms with E-state index in [0.29, 0.717) is 57.7 Å². The molecule has 8 nitrogen and oxygen atoms in total. The zero-order valence-electron chi connectivity index (χ0n) is 14.5. The van der Waals surface area contributed by atoms with Crippen LogP contribution in [0.3, 0.4) is 0 Å². The van der Waals surface area contributed by atoms with Crippen molar-refractivity contribution in [3.63, 3.8) is 0 Å². The van der Waals surface area contributed by atoms with Gasteiger partial charge in [0.25, 0.3) is 5.91 Å². The second-order valence-corrected chi connectivity index (χ2v) is 7.13. The number of hydrogen-bond donors (Lipinski definition) is 1. The monoisotopic (exact) mass is 419 g/mol. The van der Waals surface area contributed by atoms with E-state index in [9.17, 15) is 14.8 Å². The second kappa shape index (κ2) is 7.29. The van der Waals surface area contributed by atoms with E-state index in [1.54, 1.807) is 35.2 Å². The number of nitrogens with zero attached hydrogens (tertiary/aromatic N) is 5. The molecule has 0 aliphatic carbocycles. The highest BCUT2D eigenvalue weighted by Gasteiger charge is 2.25. The minimum absolute atomic E-state index is 0.136. The van der Waals surface area contributed by atoms with Crippen LogP contribution >= 0.6 is 23.2 Å². The van der Waals surface area contributed by atoms with Crippen LogP contribution < -0.4 is 10.6 Å².